The van der Waals surface area contributed by atoms with Gasteiger partial charge in [-0.2, -0.15) is 0 Å². The molecule has 2 unspecified atom stereocenters. The van der Waals surface area contributed by atoms with Crippen LogP contribution >= 0.6 is 11.8 Å². The van der Waals surface area contributed by atoms with Crippen molar-refractivity contribution >= 4 is 40.4 Å². The fourth-order valence-corrected chi connectivity index (χ4v) is 4.74. The zero-order valence-electron chi connectivity index (χ0n) is 17.4. The minimum Gasteiger partial charge on any atom is -0.370 e. The second-order valence-electron chi connectivity index (χ2n) is 7.59. The number of aliphatic imine (C=N–C) groups is 2. The Hall–Kier alpha value is -2.59. The normalized spacial score (nSPS) is 21.8. The van der Waals surface area contributed by atoms with Crippen molar-refractivity contribution < 1.29 is 9.59 Å². The topological polar surface area (TPSA) is 129 Å². The van der Waals surface area contributed by atoms with Crippen LogP contribution < -0.4 is 16.8 Å². The maximum Gasteiger partial charge on any atom is 0.238 e. The molecule has 10 heteroatoms. The Balaban J connectivity index is 1.66. The molecule has 0 aromatic heterocycles. The van der Waals surface area contributed by atoms with E-state index >= 15 is 0 Å². The number of guanidine groups is 1. The van der Waals surface area contributed by atoms with E-state index in [4.69, 9.17) is 11.5 Å². The van der Waals surface area contributed by atoms with E-state index in [1.165, 1.54) is 18.7 Å². The first-order chi connectivity index (χ1) is 14.3. The molecular formula is C20H29N7O2S. The number of nitrogens with zero attached hydrogens (tertiary/aromatic N) is 4. The van der Waals surface area contributed by atoms with Crippen LogP contribution in [-0.4, -0.2) is 77.3 Å². The Kier molecular flexibility index (Phi) is 7.33. The van der Waals surface area contributed by atoms with Crippen LogP contribution in [0.3, 0.4) is 0 Å². The lowest BCUT2D eigenvalue weighted by atomic mass is 10.0. The number of carbonyl (C=O) groups excluding carboxylic acids is 2. The van der Waals surface area contributed by atoms with E-state index in [1.54, 1.807) is 0 Å². The molecule has 2 aliphatic heterocycles. The highest BCUT2D eigenvalue weighted by Crippen LogP contribution is 2.31. The number of rotatable bonds is 5. The minimum absolute atomic E-state index is 0.0239. The summed E-state index contributed by atoms with van der Waals surface area (Å²) in [6.07, 6.45) is 1.47. The molecule has 0 radical (unpaired) electrons. The third-order valence-electron chi connectivity index (χ3n) is 5.14. The lowest BCUT2D eigenvalue weighted by Crippen LogP contribution is -2.51. The SMILES string of the molecule is CC(=O)NC1=NC(CCc2ccc(N=C(N)N)cc2)C(C(=O)N2CCN(C)CC2)S1. The summed E-state index contributed by atoms with van der Waals surface area (Å²) in [6, 6.07) is 7.48. The van der Waals surface area contributed by atoms with Crippen LogP contribution in [0.2, 0.25) is 0 Å². The van der Waals surface area contributed by atoms with Gasteiger partial charge in [0, 0.05) is 33.1 Å². The number of amides is 2. The van der Waals surface area contributed by atoms with E-state index in [0.717, 1.165) is 38.2 Å². The Morgan fingerprint density at radius 3 is 2.47 bits per heavy atom. The van der Waals surface area contributed by atoms with E-state index in [2.05, 4.69) is 27.2 Å². The molecule has 30 heavy (non-hydrogen) atoms. The van der Waals surface area contributed by atoms with Crippen molar-refractivity contribution in [1.82, 2.24) is 15.1 Å². The highest BCUT2D eigenvalue weighted by molar-refractivity contribution is 8.15. The first-order valence-corrected chi connectivity index (χ1v) is 10.9. The molecule has 0 aliphatic carbocycles. The van der Waals surface area contributed by atoms with Crippen LogP contribution in [0.15, 0.2) is 34.3 Å². The molecule has 9 nitrogen and oxygen atoms in total. The molecule has 1 saturated heterocycles. The number of benzene rings is 1. The third-order valence-corrected chi connectivity index (χ3v) is 6.34. The molecular weight excluding hydrogens is 402 g/mol. The Morgan fingerprint density at radius 1 is 1.20 bits per heavy atom. The molecule has 3 rings (SSSR count). The van der Waals surface area contributed by atoms with Crippen LogP contribution in [0, 0.1) is 0 Å². The lowest BCUT2D eigenvalue weighted by molar-refractivity contribution is -0.132. The maximum atomic E-state index is 13.2. The number of piperazine rings is 1. The van der Waals surface area contributed by atoms with Crippen molar-refractivity contribution in [3.63, 3.8) is 0 Å². The molecule has 0 bridgehead atoms. The first-order valence-electron chi connectivity index (χ1n) is 10.00. The largest absolute Gasteiger partial charge is 0.370 e. The van der Waals surface area contributed by atoms with Crippen molar-refractivity contribution in [3.05, 3.63) is 29.8 Å². The molecule has 2 atom stereocenters. The fraction of sp³-hybridized carbons (Fsp3) is 0.500. The molecule has 1 fully saturated rings. The number of thioether (sulfide) groups is 1. The van der Waals surface area contributed by atoms with Crippen LogP contribution in [0.1, 0.15) is 18.9 Å². The van der Waals surface area contributed by atoms with Gasteiger partial charge in [0.1, 0.15) is 5.25 Å². The number of amidine groups is 1. The second kappa shape index (κ2) is 9.94. The smallest absolute Gasteiger partial charge is 0.238 e. The molecule has 5 N–H and O–H groups in total. The molecule has 2 heterocycles. The molecule has 0 saturated carbocycles. The van der Waals surface area contributed by atoms with Crippen LogP contribution in [0.5, 0.6) is 0 Å². The van der Waals surface area contributed by atoms with Gasteiger partial charge in [0.05, 0.1) is 11.7 Å². The molecule has 2 amide bonds. The van der Waals surface area contributed by atoms with Gasteiger partial charge in [-0.05, 0) is 37.6 Å². The van der Waals surface area contributed by atoms with Crippen molar-refractivity contribution in [2.24, 2.45) is 21.5 Å². The van der Waals surface area contributed by atoms with Crippen molar-refractivity contribution in [3.8, 4) is 0 Å². The molecule has 2 aliphatic rings. The van der Waals surface area contributed by atoms with Gasteiger partial charge in [-0.25, -0.2) is 4.99 Å². The average Bonchev–Trinajstić information content (AvgIpc) is 3.09. The summed E-state index contributed by atoms with van der Waals surface area (Å²) >= 11 is 1.36. The monoisotopic (exact) mass is 431 g/mol. The Labute approximate surface area is 181 Å². The predicted octanol–water partition coefficient (Wildman–Crippen LogP) is 0.274. The average molecular weight is 432 g/mol. The Morgan fingerprint density at radius 2 is 1.87 bits per heavy atom. The highest BCUT2D eigenvalue weighted by atomic mass is 32.2. The summed E-state index contributed by atoms with van der Waals surface area (Å²) < 4.78 is 0. The van der Waals surface area contributed by atoms with E-state index in [0.29, 0.717) is 17.3 Å². The van der Waals surface area contributed by atoms with Crippen LogP contribution in [-0.2, 0) is 16.0 Å². The second-order valence-corrected chi connectivity index (χ2v) is 8.72. The number of nitrogens with one attached hydrogen (secondary N) is 1. The summed E-state index contributed by atoms with van der Waals surface area (Å²) in [6.45, 7) is 4.64. The maximum absolute atomic E-state index is 13.2. The summed E-state index contributed by atoms with van der Waals surface area (Å²) in [7, 11) is 2.06. The number of likely N-dealkylation sites (N-methyl/N-ethyl adjacent to an activating group) is 1. The van der Waals surface area contributed by atoms with Crippen LogP contribution in [0.25, 0.3) is 0 Å². The quantitative estimate of drug-likeness (QED) is 0.453. The van der Waals surface area contributed by atoms with Crippen molar-refractivity contribution in [2.75, 3.05) is 33.2 Å². The van der Waals surface area contributed by atoms with E-state index in [9.17, 15) is 9.59 Å². The lowest BCUT2D eigenvalue weighted by Gasteiger charge is -2.34. The third kappa shape index (κ3) is 5.96. The highest BCUT2D eigenvalue weighted by Gasteiger charge is 2.38. The standard InChI is InChI=1S/C20H29N7O2S/c1-13(28)23-20-25-16(8-5-14-3-6-15(7-4-14)24-19(21)22)17(30-20)18(29)27-11-9-26(2)10-12-27/h3-4,6-7,16-17H,5,8-12H2,1-2H3,(H4,21,22,24)(H,23,25,28). The first kappa shape index (κ1) is 22.1. The van der Waals surface area contributed by atoms with Crippen molar-refractivity contribution in [2.45, 2.75) is 31.1 Å². The van der Waals surface area contributed by atoms with Gasteiger partial charge >= 0.3 is 0 Å². The number of hydrogen-bond donors (Lipinski definition) is 3. The van der Waals surface area contributed by atoms with Gasteiger partial charge in [0.2, 0.25) is 11.8 Å². The van der Waals surface area contributed by atoms with E-state index < -0.39 is 0 Å². The number of nitrogens with two attached hydrogens (primary N) is 2. The molecule has 0 spiro atoms. The van der Waals surface area contributed by atoms with Gasteiger partial charge in [0.15, 0.2) is 11.1 Å². The summed E-state index contributed by atoms with van der Waals surface area (Å²) in [5, 5.41) is 2.97. The number of carbonyl (C=O) groups is 2. The van der Waals surface area contributed by atoms with Gasteiger partial charge in [-0.3, -0.25) is 14.6 Å². The Bertz CT molecular complexity index is 828. The van der Waals surface area contributed by atoms with E-state index in [-0.39, 0.29) is 29.1 Å². The zero-order valence-corrected chi connectivity index (χ0v) is 18.2. The summed E-state index contributed by atoms with van der Waals surface area (Å²) in [5.74, 6) is -0.0517. The molecule has 1 aromatic rings. The molecule has 162 valence electrons. The summed E-state index contributed by atoms with van der Waals surface area (Å²) in [4.78, 5) is 37.4. The predicted molar refractivity (Wildman–Crippen MR) is 121 cm³/mol. The van der Waals surface area contributed by atoms with Crippen molar-refractivity contribution in [1.29, 1.82) is 0 Å². The van der Waals surface area contributed by atoms with Gasteiger partial charge in [0.25, 0.3) is 0 Å². The number of aryl methyl sites for hydroxylation is 1. The number of hydrogen-bond acceptors (Lipinski definition) is 6. The van der Waals surface area contributed by atoms with Crippen LogP contribution in [0.4, 0.5) is 5.69 Å². The zero-order chi connectivity index (χ0) is 21.7. The minimum atomic E-state index is -0.309. The van der Waals surface area contributed by atoms with Gasteiger partial charge in [-0.15, -0.1) is 0 Å². The fourth-order valence-electron chi connectivity index (χ4n) is 3.50. The molecule has 1 aromatic carbocycles. The summed E-state index contributed by atoms with van der Waals surface area (Å²) in [5.41, 5.74) is 12.6. The van der Waals surface area contributed by atoms with E-state index in [1.807, 2.05) is 29.2 Å². The van der Waals surface area contributed by atoms with Gasteiger partial charge < -0.3 is 26.6 Å². The van der Waals surface area contributed by atoms with Gasteiger partial charge in [-0.1, -0.05) is 23.9 Å².